The molecular formula is C17H22IN3O3. The van der Waals surface area contributed by atoms with Crippen LogP contribution in [0, 0.1) is 3.57 Å². The zero-order chi connectivity index (χ0) is 16.9. The molecule has 1 aliphatic rings. The van der Waals surface area contributed by atoms with Crippen molar-refractivity contribution in [3.63, 3.8) is 0 Å². The van der Waals surface area contributed by atoms with E-state index in [1.165, 1.54) is 0 Å². The molecule has 1 saturated carbocycles. The molecule has 7 heteroatoms. The van der Waals surface area contributed by atoms with Gasteiger partial charge in [-0.2, -0.15) is 4.98 Å². The predicted molar refractivity (Wildman–Crippen MR) is 103 cm³/mol. The number of methoxy groups -OCH3 is 1. The van der Waals surface area contributed by atoms with Crippen LogP contribution in [0.25, 0.3) is 10.9 Å². The number of rotatable bonds is 6. The second-order valence-electron chi connectivity index (χ2n) is 6.06. The number of nitrogens with one attached hydrogen (secondary N) is 2. The third kappa shape index (κ3) is 4.46. The van der Waals surface area contributed by atoms with Crippen LogP contribution >= 0.6 is 22.6 Å². The van der Waals surface area contributed by atoms with E-state index >= 15 is 0 Å². The van der Waals surface area contributed by atoms with Gasteiger partial charge in [0.05, 0.1) is 24.8 Å². The van der Waals surface area contributed by atoms with E-state index in [1.54, 1.807) is 7.11 Å². The van der Waals surface area contributed by atoms with E-state index < -0.39 is 0 Å². The molecule has 0 saturated heterocycles. The molecule has 6 nitrogen and oxygen atoms in total. The van der Waals surface area contributed by atoms with Gasteiger partial charge in [0.2, 0.25) is 0 Å². The summed E-state index contributed by atoms with van der Waals surface area (Å²) >= 11 is 2.27. The fraction of sp³-hybridized carbons (Fsp3) is 0.529. The number of ether oxygens (including phenoxy) is 2. The number of benzene rings is 1. The van der Waals surface area contributed by atoms with Gasteiger partial charge in [0.15, 0.2) is 0 Å². The summed E-state index contributed by atoms with van der Waals surface area (Å²) in [6.45, 7) is 1.29. The first-order valence-electron chi connectivity index (χ1n) is 8.22. The molecule has 24 heavy (non-hydrogen) atoms. The van der Waals surface area contributed by atoms with Gasteiger partial charge in [-0.05, 0) is 66.5 Å². The van der Waals surface area contributed by atoms with E-state index in [0.717, 1.165) is 40.2 Å². The number of hydrogen-bond acceptors (Lipinski definition) is 5. The number of aromatic amines is 1. The van der Waals surface area contributed by atoms with Crippen LogP contribution in [0.2, 0.25) is 0 Å². The topological polar surface area (TPSA) is 76.2 Å². The van der Waals surface area contributed by atoms with Crippen LogP contribution in [-0.2, 0) is 9.47 Å². The highest BCUT2D eigenvalue weighted by Crippen LogP contribution is 2.26. The Morgan fingerprint density at radius 3 is 2.83 bits per heavy atom. The molecule has 2 N–H and O–H groups in total. The molecule has 1 fully saturated rings. The Morgan fingerprint density at radius 1 is 1.29 bits per heavy atom. The van der Waals surface area contributed by atoms with Gasteiger partial charge in [-0.3, -0.25) is 0 Å². The van der Waals surface area contributed by atoms with Gasteiger partial charge >= 0.3 is 5.69 Å². The SMILES string of the molecule is COCCOC1CCC(Nc2nc(=O)[nH]c3ccc(I)cc23)CC1. The van der Waals surface area contributed by atoms with Crippen molar-refractivity contribution in [3.05, 3.63) is 32.3 Å². The second-order valence-corrected chi connectivity index (χ2v) is 7.31. The number of halogens is 1. The van der Waals surface area contributed by atoms with Crippen LogP contribution in [0.1, 0.15) is 25.7 Å². The summed E-state index contributed by atoms with van der Waals surface area (Å²) in [5.41, 5.74) is 0.497. The Balaban J connectivity index is 1.66. The standard InChI is InChI=1S/C17H22IN3O3/c1-23-8-9-24-13-5-3-12(4-6-13)19-16-14-10-11(18)2-7-15(14)20-17(22)21-16/h2,7,10,12-13H,3-6,8-9H2,1H3,(H2,19,20,21,22). The van der Waals surface area contributed by atoms with Gasteiger partial charge in [-0.1, -0.05) is 0 Å². The first-order valence-corrected chi connectivity index (χ1v) is 9.30. The zero-order valence-electron chi connectivity index (χ0n) is 13.7. The normalized spacial score (nSPS) is 21.1. The van der Waals surface area contributed by atoms with Crippen LogP contribution in [0.5, 0.6) is 0 Å². The third-order valence-electron chi connectivity index (χ3n) is 4.35. The van der Waals surface area contributed by atoms with Crippen LogP contribution < -0.4 is 11.0 Å². The van der Waals surface area contributed by atoms with Crippen LogP contribution in [0.3, 0.4) is 0 Å². The summed E-state index contributed by atoms with van der Waals surface area (Å²) in [7, 11) is 1.68. The van der Waals surface area contributed by atoms with Crippen molar-refractivity contribution in [1.29, 1.82) is 0 Å². The number of aromatic nitrogens is 2. The van der Waals surface area contributed by atoms with Gasteiger partial charge < -0.3 is 19.8 Å². The average Bonchev–Trinajstić information content (AvgIpc) is 2.57. The summed E-state index contributed by atoms with van der Waals surface area (Å²) in [6, 6.07) is 6.26. The van der Waals surface area contributed by atoms with Gasteiger partial charge in [0, 0.05) is 22.1 Å². The van der Waals surface area contributed by atoms with Crippen molar-refractivity contribution in [2.45, 2.75) is 37.8 Å². The molecule has 1 aromatic heterocycles. The molecule has 0 atom stereocenters. The molecule has 0 unspecified atom stereocenters. The number of H-pyrrole nitrogens is 1. The first-order chi connectivity index (χ1) is 11.7. The molecule has 3 rings (SSSR count). The molecule has 0 bridgehead atoms. The fourth-order valence-corrected chi connectivity index (χ4v) is 3.59. The van der Waals surface area contributed by atoms with Gasteiger partial charge in [-0.25, -0.2) is 4.79 Å². The van der Waals surface area contributed by atoms with Crippen molar-refractivity contribution < 1.29 is 9.47 Å². The third-order valence-corrected chi connectivity index (χ3v) is 5.02. The summed E-state index contributed by atoms with van der Waals surface area (Å²) in [4.78, 5) is 18.7. The minimum atomic E-state index is -0.317. The summed E-state index contributed by atoms with van der Waals surface area (Å²) in [5.74, 6) is 0.677. The Kier molecular flexibility index (Phi) is 6.07. The number of hydrogen-bond donors (Lipinski definition) is 2. The minimum absolute atomic E-state index is 0.308. The highest BCUT2D eigenvalue weighted by molar-refractivity contribution is 14.1. The molecule has 2 aromatic rings. The number of fused-ring (bicyclic) bond motifs is 1. The van der Waals surface area contributed by atoms with Gasteiger partial charge in [0.25, 0.3) is 0 Å². The lowest BCUT2D eigenvalue weighted by molar-refractivity contribution is -0.00155. The summed E-state index contributed by atoms with van der Waals surface area (Å²) in [5, 5.41) is 4.42. The molecule has 0 spiro atoms. The van der Waals surface area contributed by atoms with E-state index in [0.29, 0.717) is 31.2 Å². The zero-order valence-corrected chi connectivity index (χ0v) is 15.8. The monoisotopic (exact) mass is 443 g/mol. The largest absolute Gasteiger partial charge is 0.382 e. The van der Waals surface area contributed by atoms with Crippen molar-refractivity contribution in [2.75, 3.05) is 25.6 Å². The van der Waals surface area contributed by atoms with E-state index in [4.69, 9.17) is 9.47 Å². The Hall–Kier alpha value is -1.19. The van der Waals surface area contributed by atoms with E-state index in [-0.39, 0.29) is 5.69 Å². The highest BCUT2D eigenvalue weighted by Gasteiger charge is 2.22. The minimum Gasteiger partial charge on any atom is -0.382 e. The molecule has 1 aliphatic carbocycles. The van der Waals surface area contributed by atoms with Crippen LogP contribution in [-0.4, -0.2) is 42.4 Å². The smallest absolute Gasteiger partial charge is 0.347 e. The van der Waals surface area contributed by atoms with Crippen LogP contribution in [0.4, 0.5) is 5.82 Å². The molecule has 0 amide bonds. The van der Waals surface area contributed by atoms with E-state index in [2.05, 4.69) is 37.9 Å². The maximum Gasteiger partial charge on any atom is 0.347 e. The lowest BCUT2D eigenvalue weighted by atomic mass is 9.93. The number of anilines is 1. The van der Waals surface area contributed by atoms with Gasteiger partial charge in [0.1, 0.15) is 5.82 Å². The average molecular weight is 443 g/mol. The molecule has 130 valence electrons. The predicted octanol–water partition coefficient (Wildman–Crippen LogP) is 2.91. The van der Waals surface area contributed by atoms with Crippen molar-refractivity contribution in [1.82, 2.24) is 9.97 Å². The lowest BCUT2D eigenvalue weighted by Crippen LogP contribution is -2.31. The molecular weight excluding hydrogens is 421 g/mol. The van der Waals surface area contributed by atoms with Gasteiger partial charge in [-0.15, -0.1) is 0 Å². The van der Waals surface area contributed by atoms with Crippen LogP contribution in [0.15, 0.2) is 23.0 Å². The maximum atomic E-state index is 11.8. The second kappa shape index (κ2) is 8.26. The highest BCUT2D eigenvalue weighted by atomic mass is 127. The fourth-order valence-electron chi connectivity index (χ4n) is 3.10. The quantitative estimate of drug-likeness (QED) is 0.531. The molecule has 0 radical (unpaired) electrons. The van der Waals surface area contributed by atoms with Crippen molar-refractivity contribution in [2.24, 2.45) is 0 Å². The van der Waals surface area contributed by atoms with Crippen molar-refractivity contribution in [3.8, 4) is 0 Å². The molecule has 1 heterocycles. The Labute approximate surface area is 154 Å². The first kappa shape index (κ1) is 17.6. The van der Waals surface area contributed by atoms with E-state index in [1.807, 2.05) is 18.2 Å². The Morgan fingerprint density at radius 2 is 2.08 bits per heavy atom. The number of nitrogens with zero attached hydrogens (tertiary/aromatic N) is 1. The van der Waals surface area contributed by atoms with Crippen molar-refractivity contribution >= 4 is 39.3 Å². The summed E-state index contributed by atoms with van der Waals surface area (Å²) < 4.78 is 11.9. The molecule has 1 aromatic carbocycles. The summed E-state index contributed by atoms with van der Waals surface area (Å²) in [6.07, 6.45) is 4.36. The molecule has 0 aliphatic heterocycles. The van der Waals surface area contributed by atoms with E-state index in [9.17, 15) is 4.79 Å². The maximum absolute atomic E-state index is 11.8. The Bertz CT molecular complexity index is 741. The lowest BCUT2D eigenvalue weighted by Gasteiger charge is -2.29.